The number of hydrogen-bond donors (Lipinski definition) is 3. The molecule has 6 nitrogen and oxygen atoms in total. The van der Waals surface area contributed by atoms with Crippen LogP contribution in [0.5, 0.6) is 5.75 Å². The van der Waals surface area contributed by atoms with Crippen molar-refractivity contribution in [3.05, 3.63) is 24.0 Å². The molecular formula is C10H13N3O3. The van der Waals surface area contributed by atoms with Crippen molar-refractivity contribution in [1.82, 2.24) is 15.6 Å². The van der Waals surface area contributed by atoms with E-state index in [4.69, 9.17) is 0 Å². The van der Waals surface area contributed by atoms with E-state index in [9.17, 15) is 14.7 Å². The summed E-state index contributed by atoms with van der Waals surface area (Å²) in [6.45, 7) is 0.222. The lowest BCUT2D eigenvalue weighted by Crippen LogP contribution is -2.29. The van der Waals surface area contributed by atoms with Gasteiger partial charge in [0, 0.05) is 26.2 Å². The van der Waals surface area contributed by atoms with Crippen molar-refractivity contribution < 1.29 is 14.7 Å². The third kappa shape index (κ3) is 3.23. The van der Waals surface area contributed by atoms with Crippen LogP contribution in [0, 0.1) is 0 Å². The number of aromatic hydroxyl groups is 1. The third-order valence-electron chi connectivity index (χ3n) is 1.96. The Morgan fingerprint density at radius 1 is 1.50 bits per heavy atom. The van der Waals surface area contributed by atoms with Gasteiger partial charge in [-0.1, -0.05) is 0 Å². The number of nitrogens with zero attached hydrogens (tertiary/aromatic N) is 1. The molecule has 0 spiro atoms. The van der Waals surface area contributed by atoms with E-state index in [1.54, 1.807) is 0 Å². The highest BCUT2D eigenvalue weighted by atomic mass is 16.3. The Labute approximate surface area is 92.7 Å². The number of aromatic nitrogens is 1. The van der Waals surface area contributed by atoms with Crippen molar-refractivity contribution in [2.24, 2.45) is 0 Å². The summed E-state index contributed by atoms with van der Waals surface area (Å²) in [5.41, 5.74) is 0.145. The monoisotopic (exact) mass is 223 g/mol. The zero-order valence-corrected chi connectivity index (χ0v) is 8.86. The second kappa shape index (κ2) is 5.69. The van der Waals surface area contributed by atoms with Gasteiger partial charge in [-0.3, -0.25) is 14.6 Å². The molecule has 0 aliphatic heterocycles. The van der Waals surface area contributed by atoms with Gasteiger partial charge in [-0.15, -0.1) is 0 Å². The van der Waals surface area contributed by atoms with Crippen LogP contribution in [0.2, 0.25) is 0 Å². The minimum absolute atomic E-state index is 0.145. The van der Waals surface area contributed by atoms with Gasteiger partial charge in [-0.25, -0.2) is 0 Å². The van der Waals surface area contributed by atoms with Gasteiger partial charge in [-0.2, -0.15) is 0 Å². The number of carbonyl (C=O) groups is 2. The highest BCUT2D eigenvalue weighted by Gasteiger charge is 2.10. The van der Waals surface area contributed by atoms with Crippen LogP contribution in [0.15, 0.2) is 18.5 Å². The molecule has 0 radical (unpaired) electrons. The van der Waals surface area contributed by atoms with Crippen molar-refractivity contribution in [1.29, 1.82) is 0 Å². The molecule has 1 aromatic rings. The first-order chi connectivity index (χ1) is 7.65. The van der Waals surface area contributed by atoms with E-state index in [1.807, 2.05) is 0 Å². The smallest absolute Gasteiger partial charge is 0.255 e. The van der Waals surface area contributed by atoms with E-state index < -0.39 is 5.91 Å². The first-order valence-electron chi connectivity index (χ1n) is 4.77. The predicted octanol–water partition coefficient (Wildman–Crippen LogP) is -0.347. The maximum absolute atomic E-state index is 11.5. The predicted molar refractivity (Wildman–Crippen MR) is 56.9 cm³/mol. The molecule has 1 aromatic heterocycles. The van der Waals surface area contributed by atoms with Gasteiger partial charge in [0.05, 0.1) is 11.8 Å². The normalized spacial score (nSPS) is 9.56. The number of rotatable bonds is 4. The standard InChI is InChI=1S/C10H13N3O3/c1-11-9(15)3-5-13-10(16)7-2-4-12-6-8(7)14/h2,4,6,14H,3,5H2,1H3,(H,11,15)(H,13,16). The minimum Gasteiger partial charge on any atom is -0.505 e. The summed E-state index contributed by atoms with van der Waals surface area (Å²) >= 11 is 0. The molecule has 0 unspecified atom stereocenters. The largest absolute Gasteiger partial charge is 0.505 e. The number of nitrogens with one attached hydrogen (secondary N) is 2. The zero-order valence-electron chi connectivity index (χ0n) is 8.86. The van der Waals surface area contributed by atoms with Crippen LogP contribution in [-0.2, 0) is 4.79 Å². The molecule has 1 heterocycles. The van der Waals surface area contributed by atoms with E-state index in [1.165, 1.54) is 25.5 Å². The molecule has 0 atom stereocenters. The second-order valence-corrected chi connectivity index (χ2v) is 3.07. The SMILES string of the molecule is CNC(=O)CCNC(=O)c1ccncc1O. The number of pyridine rings is 1. The molecular weight excluding hydrogens is 210 g/mol. The van der Waals surface area contributed by atoms with Gasteiger partial charge >= 0.3 is 0 Å². The number of hydrogen-bond acceptors (Lipinski definition) is 4. The molecule has 3 N–H and O–H groups in total. The van der Waals surface area contributed by atoms with Gasteiger partial charge in [0.15, 0.2) is 0 Å². The Hall–Kier alpha value is -2.11. The lowest BCUT2D eigenvalue weighted by molar-refractivity contribution is -0.120. The van der Waals surface area contributed by atoms with E-state index in [-0.39, 0.29) is 30.2 Å². The number of carbonyl (C=O) groups excluding carboxylic acids is 2. The molecule has 0 saturated heterocycles. The summed E-state index contributed by atoms with van der Waals surface area (Å²) in [6, 6.07) is 1.41. The van der Waals surface area contributed by atoms with Crippen LogP contribution in [0.3, 0.4) is 0 Å². The Balaban J connectivity index is 2.47. The summed E-state index contributed by atoms with van der Waals surface area (Å²) in [7, 11) is 1.53. The van der Waals surface area contributed by atoms with E-state index in [0.29, 0.717) is 0 Å². The summed E-state index contributed by atoms with van der Waals surface area (Å²) in [5.74, 6) is -0.761. The van der Waals surface area contributed by atoms with E-state index >= 15 is 0 Å². The Morgan fingerprint density at radius 2 is 2.25 bits per heavy atom. The van der Waals surface area contributed by atoms with Gasteiger partial charge in [-0.05, 0) is 6.07 Å². The van der Waals surface area contributed by atoms with Crippen molar-refractivity contribution in [3.63, 3.8) is 0 Å². The van der Waals surface area contributed by atoms with Crippen LogP contribution >= 0.6 is 0 Å². The lowest BCUT2D eigenvalue weighted by atomic mass is 10.2. The van der Waals surface area contributed by atoms with Crippen LogP contribution in [0.25, 0.3) is 0 Å². The fourth-order valence-electron chi connectivity index (χ4n) is 1.09. The van der Waals surface area contributed by atoms with Gasteiger partial charge in [0.2, 0.25) is 5.91 Å². The van der Waals surface area contributed by atoms with Gasteiger partial charge in [0.1, 0.15) is 5.75 Å². The molecule has 1 rings (SSSR count). The van der Waals surface area contributed by atoms with Crippen molar-refractivity contribution >= 4 is 11.8 Å². The molecule has 0 aliphatic carbocycles. The highest BCUT2D eigenvalue weighted by molar-refractivity contribution is 5.96. The van der Waals surface area contributed by atoms with Crippen LogP contribution in [0.4, 0.5) is 0 Å². The number of amides is 2. The van der Waals surface area contributed by atoms with Crippen LogP contribution in [-0.4, -0.2) is 35.5 Å². The fraction of sp³-hybridized carbons (Fsp3) is 0.300. The van der Waals surface area contributed by atoms with Crippen molar-refractivity contribution in [2.75, 3.05) is 13.6 Å². The average molecular weight is 223 g/mol. The molecule has 16 heavy (non-hydrogen) atoms. The Kier molecular flexibility index (Phi) is 4.26. The molecule has 0 aliphatic rings. The average Bonchev–Trinajstić information content (AvgIpc) is 2.29. The van der Waals surface area contributed by atoms with Crippen molar-refractivity contribution in [2.45, 2.75) is 6.42 Å². The van der Waals surface area contributed by atoms with Gasteiger partial charge < -0.3 is 15.7 Å². The summed E-state index contributed by atoms with van der Waals surface area (Å²) < 4.78 is 0. The topological polar surface area (TPSA) is 91.3 Å². The fourth-order valence-corrected chi connectivity index (χ4v) is 1.09. The quantitative estimate of drug-likeness (QED) is 0.650. The second-order valence-electron chi connectivity index (χ2n) is 3.07. The molecule has 86 valence electrons. The lowest BCUT2D eigenvalue weighted by Gasteiger charge is -2.05. The van der Waals surface area contributed by atoms with E-state index in [2.05, 4.69) is 15.6 Å². The van der Waals surface area contributed by atoms with Crippen molar-refractivity contribution in [3.8, 4) is 5.75 Å². The maximum Gasteiger partial charge on any atom is 0.255 e. The molecule has 0 bridgehead atoms. The third-order valence-corrected chi connectivity index (χ3v) is 1.96. The maximum atomic E-state index is 11.5. The Morgan fingerprint density at radius 3 is 2.88 bits per heavy atom. The van der Waals surface area contributed by atoms with Gasteiger partial charge in [0.25, 0.3) is 5.91 Å². The van der Waals surface area contributed by atoms with Crippen LogP contribution in [0.1, 0.15) is 16.8 Å². The minimum atomic E-state index is -0.427. The molecule has 6 heteroatoms. The highest BCUT2D eigenvalue weighted by Crippen LogP contribution is 2.12. The first-order valence-corrected chi connectivity index (χ1v) is 4.77. The summed E-state index contributed by atoms with van der Waals surface area (Å²) in [6.07, 6.45) is 2.80. The molecule has 0 aromatic carbocycles. The molecule has 0 saturated carbocycles. The summed E-state index contributed by atoms with van der Waals surface area (Å²) in [5, 5.41) is 14.3. The Bertz CT molecular complexity index is 393. The van der Waals surface area contributed by atoms with Crippen LogP contribution < -0.4 is 10.6 Å². The molecule has 0 fully saturated rings. The zero-order chi connectivity index (χ0) is 12.0. The van der Waals surface area contributed by atoms with E-state index in [0.717, 1.165) is 0 Å². The summed E-state index contributed by atoms with van der Waals surface area (Å²) in [4.78, 5) is 26.0. The first kappa shape index (κ1) is 12.0. The molecule has 2 amide bonds.